The summed E-state index contributed by atoms with van der Waals surface area (Å²) < 4.78 is 37.7. The SMILES string of the molecule is CCNC(=O)CCN(CC(F)(F)F)C1CCNCC1. The number of alkyl halides is 3. The molecule has 1 heterocycles. The Hall–Kier alpha value is -0.820. The van der Waals surface area contributed by atoms with Crippen molar-refractivity contribution in [3.63, 3.8) is 0 Å². The molecule has 0 spiro atoms. The van der Waals surface area contributed by atoms with E-state index < -0.39 is 12.7 Å². The summed E-state index contributed by atoms with van der Waals surface area (Å²) in [6.45, 7) is 3.00. The molecule has 0 aromatic carbocycles. The van der Waals surface area contributed by atoms with E-state index in [1.807, 2.05) is 0 Å². The van der Waals surface area contributed by atoms with Crippen LogP contribution >= 0.6 is 0 Å². The van der Waals surface area contributed by atoms with E-state index in [2.05, 4.69) is 10.6 Å². The Balaban J connectivity index is 2.50. The lowest BCUT2D eigenvalue weighted by Crippen LogP contribution is -2.48. The highest BCUT2D eigenvalue weighted by atomic mass is 19.4. The summed E-state index contributed by atoms with van der Waals surface area (Å²) in [7, 11) is 0. The Kier molecular flexibility index (Phi) is 6.57. The monoisotopic (exact) mass is 281 g/mol. The number of nitrogens with one attached hydrogen (secondary N) is 2. The summed E-state index contributed by atoms with van der Waals surface area (Å²) >= 11 is 0. The summed E-state index contributed by atoms with van der Waals surface area (Å²) in [6, 6.07) is -0.0858. The first-order valence-electron chi connectivity index (χ1n) is 6.70. The second-order valence-corrected chi connectivity index (χ2v) is 4.77. The van der Waals surface area contributed by atoms with E-state index in [0.29, 0.717) is 19.4 Å². The normalized spacial score (nSPS) is 17.7. The summed E-state index contributed by atoms with van der Waals surface area (Å²) in [5.41, 5.74) is 0. The number of carbonyl (C=O) groups is 1. The molecule has 1 rings (SSSR count). The molecule has 4 nitrogen and oxygen atoms in total. The van der Waals surface area contributed by atoms with E-state index >= 15 is 0 Å². The molecule has 2 N–H and O–H groups in total. The molecular weight excluding hydrogens is 259 g/mol. The van der Waals surface area contributed by atoms with Gasteiger partial charge in [-0.15, -0.1) is 0 Å². The average molecular weight is 281 g/mol. The fourth-order valence-corrected chi connectivity index (χ4v) is 2.32. The van der Waals surface area contributed by atoms with E-state index in [4.69, 9.17) is 0 Å². The molecule has 0 bridgehead atoms. The molecule has 1 saturated heterocycles. The van der Waals surface area contributed by atoms with Crippen LogP contribution in [-0.4, -0.2) is 55.7 Å². The first-order valence-corrected chi connectivity index (χ1v) is 6.70. The Morgan fingerprint density at radius 2 is 2.00 bits per heavy atom. The predicted octanol–water partition coefficient (Wildman–Crippen LogP) is 1.13. The molecule has 0 saturated carbocycles. The lowest BCUT2D eigenvalue weighted by molar-refractivity contribution is -0.153. The summed E-state index contributed by atoms with van der Waals surface area (Å²) in [6.07, 6.45) is -2.70. The van der Waals surface area contributed by atoms with Gasteiger partial charge in [0.05, 0.1) is 6.54 Å². The molecule has 1 fully saturated rings. The largest absolute Gasteiger partial charge is 0.401 e. The quantitative estimate of drug-likeness (QED) is 0.767. The van der Waals surface area contributed by atoms with E-state index in [9.17, 15) is 18.0 Å². The minimum atomic E-state index is -4.22. The van der Waals surface area contributed by atoms with Gasteiger partial charge in [0, 0.05) is 25.6 Å². The van der Waals surface area contributed by atoms with Gasteiger partial charge in [-0.2, -0.15) is 13.2 Å². The molecule has 1 aliphatic rings. The second kappa shape index (κ2) is 7.69. The zero-order valence-corrected chi connectivity index (χ0v) is 11.2. The number of carbonyl (C=O) groups excluding carboxylic acids is 1. The Morgan fingerprint density at radius 1 is 1.37 bits per heavy atom. The maximum Gasteiger partial charge on any atom is 0.401 e. The number of hydrogen-bond donors (Lipinski definition) is 2. The molecule has 1 amide bonds. The van der Waals surface area contributed by atoms with Gasteiger partial charge in [-0.3, -0.25) is 9.69 Å². The molecule has 7 heteroatoms. The van der Waals surface area contributed by atoms with Gasteiger partial charge in [-0.1, -0.05) is 0 Å². The lowest BCUT2D eigenvalue weighted by Gasteiger charge is -2.34. The number of halogens is 3. The van der Waals surface area contributed by atoms with Crippen LogP contribution in [0.5, 0.6) is 0 Å². The van der Waals surface area contributed by atoms with Crippen LogP contribution in [0.4, 0.5) is 13.2 Å². The molecular formula is C12H22F3N3O. The third kappa shape index (κ3) is 6.77. The third-order valence-electron chi connectivity index (χ3n) is 3.21. The summed E-state index contributed by atoms with van der Waals surface area (Å²) in [4.78, 5) is 12.8. The van der Waals surface area contributed by atoms with Crippen LogP contribution in [0.2, 0.25) is 0 Å². The summed E-state index contributed by atoms with van der Waals surface area (Å²) in [5, 5.41) is 5.74. The maximum atomic E-state index is 12.6. The third-order valence-corrected chi connectivity index (χ3v) is 3.21. The van der Waals surface area contributed by atoms with Crippen LogP contribution in [0.25, 0.3) is 0 Å². The second-order valence-electron chi connectivity index (χ2n) is 4.77. The Bertz CT molecular complexity index is 278. The maximum absolute atomic E-state index is 12.6. The summed E-state index contributed by atoms with van der Waals surface area (Å²) in [5.74, 6) is -0.191. The Labute approximate surface area is 111 Å². The first-order chi connectivity index (χ1) is 8.92. The van der Waals surface area contributed by atoms with Crippen LogP contribution in [-0.2, 0) is 4.79 Å². The first kappa shape index (κ1) is 16.2. The van der Waals surface area contributed by atoms with Crippen LogP contribution < -0.4 is 10.6 Å². The van der Waals surface area contributed by atoms with Crippen molar-refractivity contribution in [2.45, 2.75) is 38.4 Å². The highest BCUT2D eigenvalue weighted by molar-refractivity contribution is 5.75. The van der Waals surface area contributed by atoms with Crippen LogP contribution in [0, 0.1) is 0 Å². The molecule has 0 aromatic rings. The van der Waals surface area contributed by atoms with Gasteiger partial charge in [0.25, 0.3) is 0 Å². The molecule has 0 atom stereocenters. The zero-order valence-electron chi connectivity index (χ0n) is 11.2. The standard InChI is InChI=1S/C12H22F3N3O/c1-2-17-11(19)5-8-18(9-12(13,14)15)10-3-6-16-7-4-10/h10,16H,2-9H2,1H3,(H,17,19). The smallest absolute Gasteiger partial charge is 0.356 e. The molecule has 0 radical (unpaired) electrons. The highest BCUT2D eigenvalue weighted by Gasteiger charge is 2.34. The van der Waals surface area contributed by atoms with Crippen LogP contribution in [0.1, 0.15) is 26.2 Å². The minimum absolute atomic E-state index is 0.0858. The van der Waals surface area contributed by atoms with E-state index in [1.165, 1.54) is 4.90 Å². The number of nitrogens with zero attached hydrogens (tertiary/aromatic N) is 1. The van der Waals surface area contributed by atoms with Gasteiger partial charge in [0.15, 0.2) is 0 Å². The fraction of sp³-hybridized carbons (Fsp3) is 0.917. The van der Waals surface area contributed by atoms with Crippen molar-refractivity contribution >= 4 is 5.91 Å². The van der Waals surface area contributed by atoms with Crippen molar-refractivity contribution < 1.29 is 18.0 Å². The topological polar surface area (TPSA) is 44.4 Å². The Morgan fingerprint density at radius 3 is 2.53 bits per heavy atom. The van der Waals surface area contributed by atoms with E-state index in [0.717, 1.165) is 13.1 Å². The number of rotatable bonds is 6. The molecule has 0 aromatic heterocycles. The zero-order chi connectivity index (χ0) is 14.3. The molecule has 19 heavy (non-hydrogen) atoms. The molecule has 0 unspecified atom stereocenters. The lowest BCUT2D eigenvalue weighted by atomic mass is 10.0. The van der Waals surface area contributed by atoms with E-state index in [-0.39, 0.29) is 24.9 Å². The van der Waals surface area contributed by atoms with Gasteiger partial charge < -0.3 is 10.6 Å². The van der Waals surface area contributed by atoms with E-state index in [1.54, 1.807) is 6.92 Å². The van der Waals surface area contributed by atoms with Crippen LogP contribution in [0.15, 0.2) is 0 Å². The van der Waals surface area contributed by atoms with Crippen molar-refractivity contribution in [1.82, 2.24) is 15.5 Å². The number of piperidine rings is 1. The van der Waals surface area contributed by atoms with Gasteiger partial charge >= 0.3 is 6.18 Å². The highest BCUT2D eigenvalue weighted by Crippen LogP contribution is 2.21. The minimum Gasteiger partial charge on any atom is -0.356 e. The predicted molar refractivity (Wildman–Crippen MR) is 66.8 cm³/mol. The van der Waals surface area contributed by atoms with Gasteiger partial charge in [-0.05, 0) is 32.9 Å². The van der Waals surface area contributed by atoms with Gasteiger partial charge in [0.2, 0.25) is 5.91 Å². The van der Waals surface area contributed by atoms with Crippen molar-refractivity contribution in [1.29, 1.82) is 0 Å². The molecule has 1 aliphatic heterocycles. The number of amides is 1. The van der Waals surface area contributed by atoms with Crippen molar-refractivity contribution in [2.75, 3.05) is 32.7 Å². The fourth-order valence-electron chi connectivity index (χ4n) is 2.32. The molecule has 112 valence electrons. The van der Waals surface area contributed by atoms with Crippen molar-refractivity contribution in [2.24, 2.45) is 0 Å². The molecule has 0 aliphatic carbocycles. The van der Waals surface area contributed by atoms with Crippen LogP contribution in [0.3, 0.4) is 0 Å². The van der Waals surface area contributed by atoms with Crippen molar-refractivity contribution in [3.05, 3.63) is 0 Å². The van der Waals surface area contributed by atoms with Gasteiger partial charge in [-0.25, -0.2) is 0 Å². The average Bonchev–Trinajstić information content (AvgIpc) is 2.34. The van der Waals surface area contributed by atoms with Gasteiger partial charge in [0.1, 0.15) is 0 Å². The number of hydrogen-bond acceptors (Lipinski definition) is 3. The van der Waals surface area contributed by atoms with Crippen molar-refractivity contribution in [3.8, 4) is 0 Å².